The third kappa shape index (κ3) is 8.01. The average Bonchev–Trinajstić information content (AvgIpc) is 2.62. The maximum Gasteiger partial charge on any atom is 0.191 e. The molecular weight excluding hydrogens is 396 g/mol. The van der Waals surface area contributed by atoms with Gasteiger partial charge in [-0.15, -0.1) is 0 Å². The minimum atomic E-state index is 0.527. The van der Waals surface area contributed by atoms with Gasteiger partial charge in [-0.3, -0.25) is 9.89 Å². The minimum Gasteiger partial charge on any atom is -0.357 e. The Kier molecular flexibility index (Phi) is 9.73. The number of nitrogens with one attached hydrogen (secondary N) is 2. The molecule has 1 fully saturated rings. The van der Waals surface area contributed by atoms with Crippen molar-refractivity contribution in [1.82, 2.24) is 15.5 Å². The van der Waals surface area contributed by atoms with Crippen molar-refractivity contribution in [3.63, 3.8) is 0 Å². The lowest BCUT2D eigenvalue weighted by molar-refractivity contribution is 0.198. The predicted molar refractivity (Wildman–Crippen MR) is 115 cm³/mol. The van der Waals surface area contributed by atoms with Crippen LogP contribution in [0.1, 0.15) is 31.7 Å². The van der Waals surface area contributed by atoms with Crippen molar-refractivity contribution in [3.05, 3.63) is 34.3 Å². The molecule has 6 heteroatoms. The van der Waals surface area contributed by atoms with Crippen molar-refractivity contribution < 1.29 is 0 Å². The van der Waals surface area contributed by atoms with E-state index < -0.39 is 0 Å². The number of hydrogen-bond acceptors (Lipinski definition) is 3. The quantitative estimate of drug-likeness (QED) is 0.377. The van der Waals surface area contributed by atoms with Crippen LogP contribution in [-0.4, -0.2) is 55.1 Å². The fraction of sp³-hybridized carbons (Fsp3) is 0.632. The Hall–Kier alpha value is -0.720. The van der Waals surface area contributed by atoms with Gasteiger partial charge >= 0.3 is 0 Å². The zero-order valence-electron chi connectivity index (χ0n) is 15.4. The van der Waals surface area contributed by atoms with Gasteiger partial charge in [0.2, 0.25) is 0 Å². The molecule has 1 saturated heterocycles. The highest BCUT2D eigenvalue weighted by molar-refractivity contribution is 9.10. The lowest BCUT2D eigenvalue weighted by Gasteiger charge is -2.33. The number of rotatable bonds is 8. The van der Waals surface area contributed by atoms with E-state index in [-0.39, 0.29) is 0 Å². The number of guanidine groups is 1. The third-order valence-corrected chi connectivity index (χ3v) is 5.59. The lowest BCUT2D eigenvalue weighted by Crippen LogP contribution is -2.48. The molecule has 0 amide bonds. The summed E-state index contributed by atoms with van der Waals surface area (Å²) in [6, 6.07) is 9.19. The Bertz CT molecular complexity index is 513. The molecule has 0 atom stereocenters. The zero-order chi connectivity index (χ0) is 17.9. The number of likely N-dealkylation sites (tertiary alicyclic amines) is 1. The summed E-state index contributed by atoms with van der Waals surface area (Å²) in [6.07, 6.45) is 5.64. The van der Waals surface area contributed by atoms with Gasteiger partial charge in [-0.05, 0) is 55.9 Å². The van der Waals surface area contributed by atoms with E-state index in [1.807, 2.05) is 11.8 Å². The molecule has 2 N–H and O–H groups in total. The number of nitrogens with zero attached hydrogens (tertiary/aromatic N) is 2. The van der Waals surface area contributed by atoms with Crippen LogP contribution < -0.4 is 10.6 Å². The van der Waals surface area contributed by atoms with Crippen LogP contribution in [0.2, 0.25) is 0 Å². The van der Waals surface area contributed by atoms with Crippen molar-refractivity contribution in [2.24, 2.45) is 4.99 Å². The monoisotopic (exact) mass is 426 g/mol. The number of aliphatic imine (C=N–C) groups is 1. The second-order valence-corrected chi connectivity index (χ2v) is 8.33. The number of thioether (sulfide) groups is 1. The molecule has 0 unspecified atom stereocenters. The second-order valence-electron chi connectivity index (χ2n) is 6.43. The van der Waals surface area contributed by atoms with Crippen LogP contribution in [0.5, 0.6) is 0 Å². The van der Waals surface area contributed by atoms with Crippen molar-refractivity contribution in [1.29, 1.82) is 0 Å². The summed E-state index contributed by atoms with van der Waals surface area (Å²) in [5.74, 6) is 2.16. The Morgan fingerprint density at radius 3 is 2.64 bits per heavy atom. The maximum absolute atomic E-state index is 4.70. The first-order valence-electron chi connectivity index (χ1n) is 9.22. The third-order valence-electron chi connectivity index (χ3n) is 4.37. The first-order valence-corrected chi connectivity index (χ1v) is 11.4. The maximum atomic E-state index is 4.70. The molecule has 1 aliphatic rings. The van der Waals surface area contributed by atoms with Crippen LogP contribution in [-0.2, 0) is 6.54 Å². The molecule has 1 aromatic carbocycles. The number of halogens is 1. The fourth-order valence-electron chi connectivity index (χ4n) is 3.00. The Labute approximate surface area is 165 Å². The molecule has 1 heterocycles. The van der Waals surface area contributed by atoms with Gasteiger partial charge in [0.15, 0.2) is 5.96 Å². The van der Waals surface area contributed by atoms with Gasteiger partial charge in [0.25, 0.3) is 0 Å². The average molecular weight is 427 g/mol. The van der Waals surface area contributed by atoms with Gasteiger partial charge in [0, 0.05) is 43.2 Å². The first-order chi connectivity index (χ1) is 12.2. The van der Waals surface area contributed by atoms with Crippen LogP contribution >= 0.6 is 27.7 Å². The highest BCUT2D eigenvalue weighted by atomic mass is 79.9. The molecule has 0 saturated carbocycles. The van der Waals surface area contributed by atoms with Crippen LogP contribution in [0.25, 0.3) is 0 Å². The van der Waals surface area contributed by atoms with Crippen LogP contribution in [0.15, 0.2) is 33.7 Å². The van der Waals surface area contributed by atoms with Crippen molar-refractivity contribution in [3.8, 4) is 0 Å². The van der Waals surface area contributed by atoms with E-state index in [1.165, 1.54) is 24.2 Å². The van der Waals surface area contributed by atoms with Gasteiger partial charge in [0.1, 0.15) is 0 Å². The smallest absolute Gasteiger partial charge is 0.191 e. The fourth-order valence-corrected chi connectivity index (χ4v) is 3.68. The molecule has 0 spiro atoms. The summed E-state index contributed by atoms with van der Waals surface area (Å²) in [7, 11) is 0. The van der Waals surface area contributed by atoms with E-state index in [2.05, 4.69) is 68.9 Å². The van der Waals surface area contributed by atoms with Crippen LogP contribution in [0.4, 0.5) is 0 Å². The van der Waals surface area contributed by atoms with E-state index in [0.717, 1.165) is 49.6 Å². The summed E-state index contributed by atoms with van der Waals surface area (Å²) in [5, 5.41) is 7.00. The summed E-state index contributed by atoms with van der Waals surface area (Å²) >= 11 is 5.39. The molecule has 25 heavy (non-hydrogen) atoms. The van der Waals surface area contributed by atoms with Crippen LogP contribution in [0, 0.1) is 0 Å². The largest absolute Gasteiger partial charge is 0.357 e. The van der Waals surface area contributed by atoms with Gasteiger partial charge in [-0.1, -0.05) is 28.1 Å². The minimum absolute atomic E-state index is 0.527. The van der Waals surface area contributed by atoms with E-state index in [9.17, 15) is 0 Å². The summed E-state index contributed by atoms with van der Waals surface area (Å²) in [5.41, 5.74) is 1.39. The van der Waals surface area contributed by atoms with E-state index >= 15 is 0 Å². The van der Waals surface area contributed by atoms with Gasteiger partial charge in [-0.25, -0.2) is 0 Å². The number of piperidine rings is 1. The van der Waals surface area contributed by atoms with Gasteiger partial charge < -0.3 is 10.6 Å². The molecule has 0 bridgehead atoms. The SMILES string of the molecule is CCNC(=NCCCSC)NC1CCN(Cc2ccc(Br)cc2)CC1. The Morgan fingerprint density at radius 1 is 1.28 bits per heavy atom. The van der Waals surface area contributed by atoms with E-state index in [1.54, 1.807) is 0 Å². The van der Waals surface area contributed by atoms with Crippen LogP contribution in [0.3, 0.4) is 0 Å². The van der Waals surface area contributed by atoms with Gasteiger partial charge in [0.05, 0.1) is 0 Å². The molecule has 1 aromatic rings. The first kappa shape index (κ1) is 20.6. The molecule has 140 valence electrons. The number of hydrogen-bond donors (Lipinski definition) is 2. The molecular formula is C19H31BrN4S. The molecule has 1 aliphatic heterocycles. The second kappa shape index (κ2) is 11.8. The summed E-state index contributed by atoms with van der Waals surface area (Å²) < 4.78 is 1.15. The lowest BCUT2D eigenvalue weighted by atomic mass is 10.0. The van der Waals surface area contributed by atoms with Gasteiger partial charge in [-0.2, -0.15) is 11.8 Å². The topological polar surface area (TPSA) is 39.7 Å². The zero-order valence-corrected chi connectivity index (χ0v) is 17.8. The van der Waals surface area contributed by atoms with Crippen molar-refractivity contribution >= 4 is 33.7 Å². The van der Waals surface area contributed by atoms with Crippen molar-refractivity contribution in [2.75, 3.05) is 38.2 Å². The standard InChI is InChI=1S/C19H31BrN4S/c1-3-21-19(22-11-4-14-25-2)23-18-9-12-24(13-10-18)15-16-5-7-17(20)8-6-16/h5-8,18H,3-4,9-15H2,1-2H3,(H2,21,22,23). The molecule has 4 nitrogen and oxygen atoms in total. The highest BCUT2D eigenvalue weighted by Gasteiger charge is 2.20. The molecule has 0 aliphatic carbocycles. The predicted octanol–water partition coefficient (Wildman–Crippen LogP) is 3.72. The normalized spacial score (nSPS) is 16.8. The summed E-state index contributed by atoms with van der Waals surface area (Å²) in [6.45, 7) is 7.26. The van der Waals surface area contributed by atoms with Crippen molar-refractivity contribution in [2.45, 2.75) is 38.8 Å². The molecule has 0 radical (unpaired) electrons. The highest BCUT2D eigenvalue weighted by Crippen LogP contribution is 2.16. The summed E-state index contributed by atoms with van der Waals surface area (Å²) in [4.78, 5) is 7.25. The molecule has 2 rings (SSSR count). The Balaban J connectivity index is 1.74. The van der Waals surface area contributed by atoms with E-state index in [4.69, 9.17) is 4.99 Å². The molecule has 0 aromatic heterocycles. The van der Waals surface area contributed by atoms with E-state index in [0.29, 0.717) is 6.04 Å². The number of benzene rings is 1. The Morgan fingerprint density at radius 2 is 2.00 bits per heavy atom.